The van der Waals surface area contributed by atoms with Gasteiger partial charge in [-0.1, -0.05) is 18.2 Å². The van der Waals surface area contributed by atoms with Crippen molar-refractivity contribution in [3.63, 3.8) is 0 Å². The van der Waals surface area contributed by atoms with Gasteiger partial charge in [-0.05, 0) is 31.2 Å². The predicted octanol–water partition coefficient (Wildman–Crippen LogP) is 2.82. The second kappa shape index (κ2) is 5.46. The third-order valence-electron chi connectivity index (χ3n) is 3.51. The van der Waals surface area contributed by atoms with Gasteiger partial charge in [0.25, 0.3) is 0 Å². The van der Waals surface area contributed by atoms with E-state index >= 15 is 0 Å². The first-order chi connectivity index (χ1) is 10.1. The van der Waals surface area contributed by atoms with Crippen LogP contribution in [0.15, 0.2) is 42.5 Å². The van der Waals surface area contributed by atoms with E-state index < -0.39 is 0 Å². The van der Waals surface area contributed by atoms with Crippen molar-refractivity contribution in [3.8, 4) is 11.5 Å². The summed E-state index contributed by atoms with van der Waals surface area (Å²) < 4.78 is 0. The fourth-order valence-corrected chi connectivity index (χ4v) is 2.43. The number of aromatic hydroxyl groups is 2. The number of hydrogen-bond acceptors (Lipinski definition) is 4. The number of nitrogens with zero attached hydrogens (tertiary/aromatic N) is 1. The molecule has 0 amide bonds. The Labute approximate surface area is 122 Å². The first-order valence-electron chi connectivity index (χ1n) is 6.83. The van der Waals surface area contributed by atoms with Crippen LogP contribution in [0.5, 0.6) is 11.5 Å². The van der Waals surface area contributed by atoms with E-state index in [1.807, 2.05) is 31.2 Å². The Balaban J connectivity index is 1.75. The lowest BCUT2D eigenvalue weighted by atomic mass is 10.1. The van der Waals surface area contributed by atoms with Crippen molar-refractivity contribution >= 4 is 11.0 Å². The van der Waals surface area contributed by atoms with Crippen molar-refractivity contribution in [1.29, 1.82) is 0 Å². The summed E-state index contributed by atoms with van der Waals surface area (Å²) in [5, 5.41) is 22.9. The Kier molecular flexibility index (Phi) is 3.50. The molecule has 0 aliphatic carbocycles. The lowest BCUT2D eigenvalue weighted by Crippen LogP contribution is -2.19. The molecule has 5 heteroatoms. The Morgan fingerprint density at radius 3 is 2.52 bits per heavy atom. The van der Waals surface area contributed by atoms with E-state index in [1.54, 1.807) is 18.2 Å². The van der Waals surface area contributed by atoms with Crippen molar-refractivity contribution in [3.05, 3.63) is 53.9 Å². The van der Waals surface area contributed by atoms with Crippen molar-refractivity contribution in [2.45, 2.75) is 19.5 Å². The normalized spacial score (nSPS) is 12.6. The molecule has 1 atom stereocenters. The molecule has 1 aromatic heterocycles. The first-order valence-corrected chi connectivity index (χ1v) is 6.83. The number of aromatic nitrogens is 2. The van der Waals surface area contributed by atoms with Gasteiger partial charge in [-0.2, -0.15) is 0 Å². The van der Waals surface area contributed by atoms with E-state index in [-0.39, 0.29) is 17.5 Å². The molecule has 2 aromatic carbocycles. The molecule has 1 heterocycles. The van der Waals surface area contributed by atoms with Gasteiger partial charge >= 0.3 is 0 Å². The number of para-hydroxylation sites is 2. The lowest BCUT2D eigenvalue weighted by molar-refractivity contribution is 0.417. The highest BCUT2D eigenvalue weighted by Gasteiger charge is 2.15. The minimum Gasteiger partial charge on any atom is -0.507 e. The van der Waals surface area contributed by atoms with E-state index in [4.69, 9.17) is 0 Å². The molecule has 108 valence electrons. The van der Waals surface area contributed by atoms with E-state index in [0.717, 1.165) is 16.9 Å². The summed E-state index contributed by atoms with van der Waals surface area (Å²) in [5.74, 6) is 0.983. The van der Waals surface area contributed by atoms with Gasteiger partial charge in [0.15, 0.2) is 0 Å². The average Bonchev–Trinajstić information content (AvgIpc) is 2.87. The average molecular weight is 283 g/mol. The van der Waals surface area contributed by atoms with Crippen LogP contribution < -0.4 is 5.32 Å². The molecule has 0 bridgehead atoms. The molecule has 0 spiro atoms. The number of aromatic amines is 1. The Hall–Kier alpha value is -2.53. The fourth-order valence-electron chi connectivity index (χ4n) is 2.43. The number of H-pyrrole nitrogens is 1. The van der Waals surface area contributed by atoms with Crippen LogP contribution >= 0.6 is 0 Å². The van der Waals surface area contributed by atoms with Crippen LogP contribution in [-0.2, 0) is 6.54 Å². The molecule has 0 aliphatic heterocycles. The number of rotatable bonds is 4. The molecule has 21 heavy (non-hydrogen) atoms. The summed E-state index contributed by atoms with van der Waals surface area (Å²) >= 11 is 0. The maximum absolute atomic E-state index is 9.85. The minimum atomic E-state index is -0.195. The molecule has 1 unspecified atom stereocenters. The minimum absolute atomic E-state index is 0.0830. The van der Waals surface area contributed by atoms with Crippen LogP contribution in [0, 0.1) is 0 Å². The number of fused-ring (bicyclic) bond motifs is 1. The third kappa shape index (κ3) is 2.68. The van der Waals surface area contributed by atoms with Gasteiger partial charge in [0.05, 0.1) is 23.1 Å². The Morgan fingerprint density at radius 1 is 1.10 bits per heavy atom. The fraction of sp³-hybridized carbons (Fsp3) is 0.188. The largest absolute Gasteiger partial charge is 0.507 e. The van der Waals surface area contributed by atoms with Gasteiger partial charge in [0.2, 0.25) is 0 Å². The topological polar surface area (TPSA) is 81.2 Å². The number of nitrogens with one attached hydrogen (secondary N) is 2. The zero-order chi connectivity index (χ0) is 14.8. The predicted molar refractivity (Wildman–Crippen MR) is 81.1 cm³/mol. The van der Waals surface area contributed by atoms with Gasteiger partial charge < -0.3 is 20.5 Å². The molecule has 3 rings (SSSR count). The zero-order valence-corrected chi connectivity index (χ0v) is 11.7. The second-order valence-electron chi connectivity index (χ2n) is 5.01. The molecule has 4 N–H and O–H groups in total. The van der Waals surface area contributed by atoms with Crippen LogP contribution in [0.1, 0.15) is 24.4 Å². The highest BCUT2D eigenvalue weighted by molar-refractivity contribution is 5.74. The summed E-state index contributed by atoms with van der Waals surface area (Å²) in [5.41, 5.74) is 2.41. The van der Waals surface area contributed by atoms with Gasteiger partial charge in [0.1, 0.15) is 17.3 Å². The Morgan fingerprint density at radius 2 is 1.81 bits per heavy atom. The van der Waals surface area contributed by atoms with Crippen molar-refractivity contribution in [2.75, 3.05) is 0 Å². The second-order valence-corrected chi connectivity index (χ2v) is 5.01. The van der Waals surface area contributed by atoms with Crippen molar-refractivity contribution in [2.24, 2.45) is 0 Å². The van der Waals surface area contributed by atoms with E-state index in [0.29, 0.717) is 12.1 Å². The zero-order valence-electron chi connectivity index (χ0n) is 11.7. The SMILES string of the molecule is CC(NCc1nc2ccccc2[nH]1)c1c(O)cccc1O. The quantitative estimate of drug-likeness (QED) is 0.593. The van der Waals surface area contributed by atoms with Crippen LogP contribution in [0.4, 0.5) is 0 Å². The molecule has 3 aromatic rings. The highest BCUT2D eigenvalue weighted by Crippen LogP contribution is 2.32. The van der Waals surface area contributed by atoms with Crippen molar-refractivity contribution < 1.29 is 10.2 Å². The van der Waals surface area contributed by atoms with E-state index in [1.165, 1.54) is 0 Å². The van der Waals surface area contributed by atoms with Crippen LogP contribution in [-0.4, -0.2) is 20.2 Å². The first kappa shape index (κ1) is 13.5. The summed E-state index contributed by atoms with van der Waals surface area (Å²) in [6.45, 7) is 2.40. The number of benzene rings is 2. The third-order valence-corrected chi connectivity index (χ3v) is 3.51. The number of hydrogen-bond donors (Lipinski definition) is 4. The summed E-state index contributed by atoms with van der Waals surface area (Å²) in [6.07, 6.45) is 0. The van der Waals surface area contributed by atoms with E-state index in [2.05, 4.69) is 15.3 Å². The molecule has 0 fully saturated rings. The molecule has 0 saturated heterocycles. The molecular weight excluding hydrogens is 266 g/mol. The number of phenolic OH excluding ortho intramolecular Hbond substituents is 2. The standard InChI is InChI=1S/C16H17N3O2/c1-10(16-13(20)7-4-8-14(16)21)17-9-15-18-11-5-2-3-6-12(11)19-15/h2-8,10,17,20-21H,9H2,1H3,(H,18,19). The van der Waals surface area contributed by atoms with Gasteiger partial charge in [-0.15, -0.1) is 0 Å². The molecule has 5 nitrogen and oxygen atoms in total. The maximum Gasteiger partial charge on any atom is 0.124 e. The highest BCUT2D eigenvalue weighted by atomic mass is 16.3. The summed E-state index contributed by atoms with van der Waals surface area (Å²) in [4.78, 5) is 7.71. The van der Waals surface area contributed by atoms with Crippen molar-refractivity contribution in [1.82, 2.24) is 15.3 Å². The van der Waals surface area contributed by atoms with Gasteiger partial charge in [-0.25, -0.2) is 4.98 Å². The summed E-state index contributed by atoms with van der Waals surface area (Å²) in [6, 6.07) is 12.4. The number of imidazole rings is 1. The monoisotopic (exact) mass is 283 g/mol. The summed E-state index contributed by atoms with van der Waals surface area (Å²) in [7, 11) is 0. The molecule has 0 aliphatic rings. The van der Waals surface area contributed by atoms with Gasteiger partial charge in [-0.3, -0.25) is 0 Å². The maximum atomic E-state index is 9.85. The molecule has 0 radical (unpaired) electrons. The van der Waals surface area contributed by atoms with Crippen LogP contribution in [0.3, 0.4) is 0 Å². The molecular formula is C16H17N3O2. The number of phenols is 2. The lowest BCUT2D eigenvalue weighted by Gasteiger charge is -2.16. The van der Waals surface area contributed by atoms with Gasteiger partial charge in [0, 0.05) is 6.04 Å². The van der Waals surface area contributed by atoms with Crippen LogP contribution in [0.2, 0.25) is 0 Å². The van der Waals surface area contributed by atoms with E-state index in [9.17, 15) is 10.2 Å². The van der Waals surface area contributed by atoms with Crippen LogP contribution in [0.25, 0.3) is 11.0 Å². The molecule has 0 saturated carbocycles. The Bertz CT molecular complexity index is 714. The smallest absolute Gasteiger partial charge is 0.124 e.